The number of nitrogens with zero attached hydrogens (tertiary/aromatic N) is 1. The summed E-state index contributed by atoms with van der Waals surface area (Å²) in [5.74, 6) is 0.638. The first-order valence-electron chi connectivity index (χ1n) is 7.45. The number of hydrogen-bond acceptors (Lipinski definition) is 3. The number of benzene rings is 2. The summed E-state index contributed by atoms with van der Waals surface area (Å²) in [4.78, 5) is 14.5. The summed E-state index contributed by atoms with van der Waals surface area (Å²) in [6.07, 6.45) is 0. The highest BCUT2D eigenvalue weighted by Gasteiger charge is 2.20. The van der Waals surface area contributed by atoms with E-state index < -0.39 is 0 Å². The molecule has 0 saturated heterocycles. The zero-order chi connectivity index (χ0) is 17.7. The molecule has 24 heavy (non-hydrogen) atoms. The molecular weight excluding hydrogens is 424 g/mol. The molecule has 128 valence electrons. The van der Waals surface area contributed by atoms with Crippen molar-refractivity contribution in [3.63, 3.8) is 0 Å². The number of methoxy groups -OCH3 is 2. The summed E-state index contributed by atoms with van der Waals surface area (Å²) in [6, 6.07) is 9.72. The van der Waals surface area contributed by atoms with Crippen LogP contribution in [-0.2, 0) is 6.54 Å². The van der Waals surface area contributed by atoms with Crippen molar-refractivity contribution in [1.29, 1.82) is 0 Å². The molecule has 0 aromatic heterocycles. The number of amides is 1. The van der Waals surface area contributed by atoms with Crippen LogP contribution in [0.3, 0.4) is 0 Å². The first kappa shape index (κ1) is 18.5. The fourth-order valence-corrected chi connectivity index (χ4v) is 3.04. The summed E-state index contributed by atoms with van der Waals surface area (Å²) < 4.78 is 24.7. The smallest absolute Gasteiger partial charge is 0.255 e. The van der Waals surface area contributed by atoms with Crippen LogP contribution in [0, 0.1) is 9.39 Å². The average molecular weight is 443 g/mol. The van der Waals surface area contributed by atoms with Crippen LogP contribution in [-0.4, -0.2) is 31.6 Å². The predicted molar refractivity (Wildman–Crippen MR) is 99.1 cm³/mol. The third-order valence-corrected chi connectivity index (χ3v) is 4.53. The fraction of sp³-hybridized carbons (Fsp3) is 0.278. The molecular formula is C18H19FINO3. The van der Waals surface area contributed by atoms with Crippen molar-refractivity contribution in [2.45, 2.75) is 13.5 Å². The Morgan fingerprint density at radius 2 is 1.83 bits per heavy atom. The van der Waals surface area contributed by atoms with E-state index in [4.69, 9.17) is 9.47 Å². The first-order valence-corrected chi connectivity index (χ1v) is 8.53. The van der Waals surface area contributed by atoms with Crippen molar-refractivity contribution in [2.24, 2.45) is 0 Å². The van der Waals surface area contributed by atoms with Gasteiger partial charge in [-0.05, 0) is 59.3 Å². The van der Waals surface area contributed by atoms with Gasteiger partial charge in [-0.15, -0.1) is 0 Å². The maximum Gasteiger partial charge on any atom is 0.255 e. The molecule has 0 radical (unpaired) electrons. The quantitative estimate of drug-likeness (QED) is 0.631. The molecule has 0 spiro atoms. The Balaban J connectivity index is 2.31. The van der Waals surface area contributed by atoms with E-state index >= 15 is 0 Å². The molecule has 6 heteroatoms. The third-order valence-electron chi connectivity index (χ3n) is 3.64. The van der Waals surface area contributed by atoms with Gasteiger partial charge < -0.3 is 14.4 Å². The molecule has 0 fully saturated rings. The number of halogens is 2. The molecule has 0 atom stereocenters. The van der Waals surface area contributed by atoms with Crippen LogP contribution < -0.4 is 9.47 Å². The van der Waals surface area contributed by atoms with Gasteiger partial charge in [-0.1, -0.05) is 12.1 Å². The van der Waals surface area contributed by atoms with Crippen molar-refractivity contribution < 1.29 is 18.7 Å². The molecule has 0 aliphatic rings. The lowest BCUT2D eigenvalue weighted by atomic mass is 10.1. The zero-order valence-corrected chi connectivity index (χ0v) is 16.0. The highest BCUT2D eigenvalue weighted by molar-refractivity contribution is 14.1. The lowest BCUT2D eigenvalue weighted by molar-refractivity contribution is 0.0751. The Morgan fingerprint density at radius 3 is 2.42 bits per heavy atom. The van der Waals surface area contributed by atoms with E-state index in [0.717, 1.165) is 9.13 Å². The third kappa shape index (κ3) is 4.17. The summed E-state index contributed by atoms with van der Waals surface area (Å²) in [6.45, 7) is 2.75. The van der Waals surface area contributed by atoms with Crippen molar-refractivity contribution in [3.05, 3.63) is 56.9 Å². The fourth-order valence-electron chi connectivity index (χ4n) is 2.37. The number of rotatable bonds is 6. The molecule has 4 nitrogen and oxygen atoms in total. The second-order valence-corrected chi connectivity index (χ2v) is 6.30. The Labute approximate surface area is 154 Å². The second-order valence-electron chi connectivity index (χ2n) is 5.14. The maximum absolute atomic E-state index is 13.4. The molecule has 0 aliphatic heterocycles. The van der Waals surface area contributed by atoms with Crippen molar-refractivity contribution in [1.82, 2.24) is 4.90 Å². The molecule has 0 N–H and O–H groups in total. The minimum absolute atomic E-state index is 0.132. The highest BCUT2D eigenvalue weighted by atomic mass is 127. The Kier molecular flexibility index (Phi) is 6.42. The average Bonchev–Trinajstić information content (AvgIpc) is 2.58. The van der Waals surface area contributed by atoms with Gasteiger partial charge >= 0.3 is 0 Å². The van der Waals surface area contributed by atoms with E-state index in [1.54, 1.807) is 36.3 Å². The van der Waals surface area contributed by atoms with Gasteiger partial charge in [0.2, 0.25) is 0 Å². The monoisotopic (exact) mass is 443 g/mol. The number of carbonyl (C=O) groups is 1. The number of ether oxygens (including phenoxy) is 2. The lowest BCUT2D eigenvalue weighted by Gasteiger charge is -2.22. The van der Waals surface area contributed by atoms with Crippen LogP contribution >= 0.6 is 22.6 Å². The van der Waals surface area contributed by atoms with Crippen LogP contribution in [0.25, 0.3) is 0 Å². The molecule has 2 aromatic rings. The molecule has 0 unspecified atom stereocenters. The topological polar surface area (TPSA) is 38.8 Å². The zero-order valence-electron chi connectivity index (χ0n) is 13.8. The predicted octanol–water partition coefficient (Wildman–Crippen LogP) is 4.11. The van der Waals surface area contributed by atoms with Gasteiger partial charge in [0.15, 0.2) is 11.5 Å². The van der Waals surface area contributed by atoms with Gasteiger partial charge in [0, 0.05) is 16.7 Å². The summed E-state index contributed by atoms with van der Waals surface area (Å²) in [5, 5.41) is 0. The van der Waals surface area contributed by atoms with Gasteiger partial charge in [0.25, 0.3) is 5.91 Å². The SMILES string of the molecule is CCN(Cc1cccc(F)c1)C(=O)c1cc(OC)c(OC)cc1I. The van der Waals surface area contributed by atoms with Gasteiger partial charge in [-0.3, -0.25) is 4.79 Å². The molecule has 2 rings (SSSR count). The van der Waals surface area contributed by atoms with Crippen molar-refractivity contribution in [3.8, 4) is 11.5 Å². The van der Waals surface area contributed by atoms with Gasteiger partial charge in [-0.25, -0.2) is 4.39 Å². The van der Waals surface area contributed by atoms with E-state index in [-0.39, 0.29) is 11.7 Å². The Hall–Kier alpha value is -1.83. The van der Waals surface area contributed by atoms with Crippen LogP contribution in [0.15, 0.2) is 36.4 Å². The molecule has 0 saturated carbocycles. The Bertz CT molecular complexity index is 736. The van der Waals surface area contributed by atoms with Crippen LogP contribution in [0.1, 0.15) is 22.8 Å². The van der Waals surface area contributed by atoms with Crippen molar-refractivity contribution >= 4 is 28.5 Å². The second kappa shape index (κ2) is 8.32. The number of carbonyl (C=O) groups excluding carboxylic acids is 1. The van der Waals surface area contributed by atoms with Gasteiger partial charge in [0.05, 0.1) is 19.8 Å². The molecule has 2 aromatic carbocycles. The maximum atomic E-state index is 13.4. The first-order chi connectivity index (χ1) is 11.5. The summed E-state index contributed by atoms with van der Waals surface area (Å²) in [5.41, 5.74) is 1.28. The summed E-state index contributed by atoms with van der Waals surface area (Å²) >= 11 is 2.10. The van der Waals surface area contributed by atoms with Gasteiger partial charge in [-0.2, -0.15) is 0 Å². The minimum Gasteiger partial charge on any atom is -0.493 e. The Morgan fingerprint density at radius 1 is 1.17 bits per heavy atom. The van der Waals surface area contributed by atoms with E-state index in [1.807, 2.05) is 6.92 Å². The normalized spacial score (nSPS) is 10.4. The summed E-state index contributed by atoms with van der Waals surface area (Å²) in [7, 11) is 3.08. The van der Waals surface area contributed by atoms with E-state index in [2.05, 4.69) is 22.6 Å². The van der Waals surface area contributed by atoms with Crippen molar-refractivity contribution in [2.75, 3.05) is 20.8 Å². The van der Waals surface area contributed by atoms with Crippen LogP contribution in [0.4, 0.5) is 4.39 Å². The van der Waals surface area contributed by atoms with E-state index in [1.165, 1.54) is 19.2 Å². The number of hydrogen-bond donors (Lipinski definition) is 0. The highest BCUT2D eigenvalue weighted by Crippen LogP contribution is 2.32. The lowest BCUT2D eigenvalue weighted by Crippen LogP contribution is -2.31. The van der Waals surface area contributed by atoms with E-state index in [0.29, 0.717) is 30.2 Å². The molecule has 0 bridgehead atoms. The largest absolute Gasteiger partial charge is 0.493 e. The molecule has 1 amide bonds. The van der Waals surface area contributed by atoms with E-state index in [9.17, 15) is 9.18 Å². The molecule has 0 heterocycles. The standard InChI is InChI=1S/C18H19FINO3/c1-4-21(11-12-6-5-7-13(19)8-12)18(22)14-9-16(23-2)17(24-3)10-15(14)20/h5-10H,4,11H2,1-3H3. The van der Waals surface area contributed by atoms with Gasteiger partial charge in [0.1, 0.15) is 5.82 Å². The molecule has 0 aliphatic carbocycles. The van der Waals surface area contributed by atoms with Crippen LogP contribution in [0.5, 0.6) is 11.5 Å². The minimum atomic E-state index is -0.309. The van der Waals surface area contributed by atoms with Crippen LogP contribution in [0.2, 0.25) is 0 Å².